The van der Waals surface area contributed by atoms with Crippen molar-refractivity contribution < 1.29 is 50.6 Å². The summed E-state index contributed by atoms with van der Waals surface area (Å²) in [4.78, 5) is 31.3. The summed E-state index contributed by atoms with van der Waals surface area (Å²) in [5.74, 6) is -3.43. The summed E-state index contributed by atoms with van der Waals surface area (Å²) in [6.07, 6.45) is -2.87. The molecule has 206 valence electrons. The summed E-state index contributed by atoms with van der Waals surface area (Å²) >= 11 is 0. The molecule has 1 aliphatic heterocycles. The van der Waals surface area contributed by atoms with E-state index in [1.807, 2.05) is 36.8 Å². The number of aliphatic carboxylic acids is 2. The number of pyridine rings is 2. The number of aromatic nitrogens is 2. The van der Waals surface area contributed by atoms with Crippen molar-refractivity contribution in [3.8, 4) is 0 Å². The second-order valence-electron chi connectivity index (χ2n) is 7.66. The SMILES string of the molecule is O=C(O)C(F)(F)F.O=C(O)C(F)(F)F.c1coc(CN2CCN(Cc3ccncc3)c3ncccc3C2)c1. The first-order valence-electron chi connectivity index (χ1n) is 10.7. The van der Waals surface area contributed by atoms with Crippen LogP contribution in [0.15, 0.2) is 65.7 Å². The molecule has 3 aromatic rings. The Bertz CT molecular complexity index is 1130. The molecule has 15 heteroatoms. The van der Waals surface area contributed by atoms with Crippen LogP contribution in [0.25, 0.3) is 0 Å². The van der Waals surface area contributed by atoms with Crippen molar-refractivity contribution >= 4 is 17.8 Å². The Morgan fingerprint density at radius 1 is 0.868 bits per heavy atom. The molecule has 0 aromatic carbocycles. The zero-order valence-corrected chi connectivity index (χ0v) is 19.5. The molecule has 9 nitrogen and oxygen atoms in total. The Labute approximate surface area is 211 Å². The molecule has 4 heterocycles. The van der Waals surface area contributed by atoms with Gasteiger partial charge >= 0.3 is 24.3 Å². The number of fused-ring (bicyclic) bond motifs is 1. The van der Waals surface area contributed by atoms with Crippen molar-refractivity contribution in [3.63, 3.8) is 0 Å². The monoisotopic (exact) mass is 548 g/mol. The Kier molecular flexibility index (Phi) is 10.6. The molecule has 0 saturated carbocycles. The number of alkyl halides is 6. The van der Waals surface area contributed by atoms with E-state index < -0.39 is 24.3 Å². The van der Waals surface area contributed by atoms with E-state index in [9.17, 15) is 26.3 Å². The van der Waals surface area contributed by atoms with E-state index in [0.29, 0.717) is 0 Å². The minimum absolute atomic E-state index is 0.824. The molecule has 1 aliphatic rings. The number of halogens is 6. The maximum absolute atomic E-state index is 10.6. The molecule has 0 unspecified atom stereocenters. The molecule has 2 N–H and O–H groups in total. The van der Waals surface area contributed by atoms with Gasteiger partial charge in [-0.25, -0.2) is 14.6 Å². The van der Waals surface area contributed by atoms with E-state index in [0.717, 1.165) is 44.3 Å². The average molecular weight is 548 g/mol. The third-order valence-electron chi connectivity index (χ3n) is 4.81. The maximum atomic E-state index is 10.6. The summed E-state index contributed by atoms with van der Waals surface area (Å²) in [6, 6.07) is 12.3. The van der Waals surface area contributed by atoms with Crippen molar-refractivity contribution in [2.75, 3.05) is 18.0 Å². The number of carboxylic acid groups (broad SMARTS) is 2. The number of hydrogen-bond donors (Lipinski definition) is 2. The van der Waals surface area contributed by atoms with Gasteiger partial charge < -0.3 is 19.5 Å². The molecule has 0 amide bonds. The van der Waals surface area contributed by atoms with E-state index in [-0.39, 0.29) is 0 Å². The maximum Gasteiger partial charge on any atom is 0.490 e. The van der Waals surface area contributed by atoms with Crippen LogP contribution in [0.3, 0.4) is 0 Å². The molecule has 0 saturated heterocycles. The third-order valence-corrected chi connectivity index (χ3v) is 4.81. The minimum atomic E-state index is -5.08. The molecular weight excluding hydrogens is 526 g/mol. The van der Waals surface area contributed by atoms with Gasteiger partial charge in [0.15, 0.2) is 0 Å². The lowest BCUT2D eigenvalue weighted by atomic mass is 10.2. The Morgan fingerprint density at radius 3 is 2.00 bits per heavy atom. The highest BCUT2D eigenvalue weighted by Gasteiger charge is 2.38. The van der Waals surface area contributed by atoms with Gasteiger partial charge in [-0.05, 0) is 35.9 Å². The van der Waals surface area contributed by atoms with E-state index in [2.05, 4.69) is 38.0 Å². The highest BCUT2D eigenvalue weighted by atomic mass is 19.4. The molecule has 4 rings (SSSR count). The molecule has 0 radical (unpaired) electrons. The van der Waals surface area contributed by atoms with Gasteiger partial charge in [-0.15, -0.1) is 0 Å². The highest BCUT2D eigenvalue weighted by molar-refractivity contribution is 5.73. The second-order valence-corrected chi connectivity index (χ2v) is 7.66. The van der Waals surface area contributed by atoms with Crippen LogP contribution in [0.4, 0.5) is 32.2 Å². The number of hydrogen-bond acceptors (Lipinski definition) is 7. The van der Waals surface area contributed by atoms with Crippen molar-refractivity contribution in [1.82, 2.24) is 14.9 Å². The molecule has 0 bridgehead atoms. The Morgan fingerprint density at radius 2 is 1.47 bits per heavy atom. The molecule has 0 fully saturated rings. The predicted octanol–water partition coefficient (Wildman–Crippen LogP) is 4.36. The largest absolute Gasteiger partial charge is 0.490 e. The van der Waals surface area contributed by atoms with E-state index in [1.165, 1.54) is 11.1 Å². The van der Waals surface area contributed by atoms with Gasteiger partial charge in [0.2, 0.25) is 0 Å². The van der Waals surface area contributed by atoms with Crippen LogP contribution in [0, 0.1) is 0 Å². The number of furan rings is 1. The van der Waals surface area contributed by atoms with Gasteiger partial charge in [0.25, 0.3) is 0 Å². The van der Waals surface area contributed by atoms with E-state index in [1.54, 1.807) is 6.26 Å². The molecule has 0 spiro atoms. The van der Waals surface area contributed by atoms with Crippen LogP contribution in [0.2, 0.25) is 0 Å². The fourth-order valence-corrected chi connectivity index (χ4v) is 3.15. The van der Waals surface area contributed by atoms with Crippen LogP contribution in [-0.2, 0) is 29.2 Å². The topological polar surface area (TPSA) is 120 Å². The normalized spacial score (nSPS) is 13.7. The summed E-state index contributed by atoms with van der Waals surface area (Å²) in [6.45, 7) is 4.47. The first-order valence-corrected chi connectivity index (χ1v) is 10.7. The van der Waals surface area contributed by atoms with E-state index in [4.69, 9.17) is 24.2 Å². The number of carbonyl (C=O) groups is 2. The quantitative estimate of drug-likeness (QED) is 0.459. The summed E-state index contributed by atoms with van der Waals surface area (Å²) < 4.78 is 69.0. The van der Waals surface area contributed by atoms with Crippen LogP contribution < -0.4 is 4.90 Å². The minimum Gasteiger partial charge on any atom is -0.475 e. The van der Waals surface area contributed by atoms with Crippen molar-refractivity contribution in [1.29, 1.82) is 0 Å². The molecule has 0 atom stereocenters. The number of nitrogens with zero attached hydrogens (tertiary/aromatic N) is 4. The van der Waals surface area contributed by atoms with Crippen molar-refractivity contribution in [3.05, 3.63) is 78.1 Å². The van der Waals surface area contributed by atoms with E-state index >= 15 is 0 Å². The van der Waals surface area contributed by atoms with Gasteiger partial charge in [0.05, 0.1) is 12.8 Å². The van der Waals surface area contributed by atoms with Gasteiger partial charge in [-0.2, -0.15) is 26.3 Å². The second kappa shape index (κ2) is 13.4. The molecule has 38 heavy (non-hydrogen) atoms. The summed E-state index contributed by atoms with van der Waals surface area (Å²) in [5, 5.41) is 14.2. The Balaban J connectivity index is 0.000000301. The standard InChI is InChI=1S/C19H20N4O.2C2HF3O2/c1-3-17-14-22(15-18-4-2-12-24-18)10-11-23(19(17)21-7-1)13-16-5-8-20-9-6-16;2*3-2(4,5)1(6)7/h1-9,12H,10-11,13-15H2;2*(H,6,7). The lowest BCUT2D eigenvalue weighted by Crippen LogP contribution is -2.31. The van der Waals surface area contributed by atoms with Gasteiger partial charge in [0, 0.05) is 50.3 Å². The van der Waals surface area contributed by atoms with Gasteiger partial charge in [-0.1, -0.05) is 6.07 Å². The van der Waals surface area contributed by atoms with Crippen LogP contribution in [0.1, 0.15) is 16.9 Å². The van der Waals surface area contributed by atoms with Crippen molar-refractivity contribution in [2.45, 2.75) is 32.0 Å². The zero-order chi connectivity index (χ0) is 28.3. The first kappa shape index (κ1) is 30.1. The van der Waals surface area contributed by atoms with Crippen LogP contribution in [0.5, 0.6) is 0 Å². The molecule has 3 aromatic heterocycles. The molecule has 0 aliphatic carbocycles. The number of rotatable bonds is 4. The summed E-state index contributed by atoms with van der Waals surface area (Å²) in [7, 11) is 0. The summed E-state index contributed by atoms with van der Waals surface area (Å²) in [5.41, 5.74) is 2.51. The third kappa shape index (κ3) is 10.1. The average Bonchev–Trinajstić information content (AvgIpc) is 3.29. The molecular formula is C23H22F6N4O5. The number of carboxylic acids is 2. The first-order chi connectivity index (χ1) is 17.8. The lowest BCUT2D eigenvalue weighted by molar-refractivity contribution is -0.193. The zero-order valence-electron chi connectivity index (χ0n) is 19.5. The Hall–Kier alpha value is -4.14. The smallest absolute Gasteiger partial charge is 0.475 e. The highest BCUT2D eigenvalue weighted by Crippen LogP contribution is 2.25. The fraction of sp³-hybridized carbons (Fsp3) is 0.304. The lowest BCUT2D eigenvalue weighted by Gasteiger charge is -2.23. The van der Waals surface area contributed by atoms with Gasteiger partial charge in [-0.3, -0.25) is 9.88 Å². The van der Waals surface area contributed by atoms with Gasteiger partial charge in [0.1, 0.15) is 11.6 Å². The van der Waals surface area contributed by atoms with Crippen LogP contribution in [-0.4, -0.2) is 62.5 Å². The van der Waals surface area contributed by atoms with Crippen molar-refractivity contribution in [2.24, 2.45) is 0 Å². The van der Waals surface area contributed by atoms with Crippen LogP contribution >= 0.6 is 0 Å². The fourth-order valence-electron chi connectivity index (χ4n) is 3.15. The number of anilines is 1. The predicted molar refractivity (Wildman–Crippen MR) is 120 cm³/mol.